The van der Waals surface area contributed by atoms with Crippen molar-refractivity contribution in [3.05, 3.63) is 72.3 Å². The number of carbonyl (C=O) groups excluding carboxylic acids is 1. The molecule has 0 aliphatic heterocycles. The Hall–Kier alpha value is -2.53. The number of carbonyl (C=O) groups is 1. The first-order valence-electron chi connectivity index (χ1n) is 9.04. The molecule has 0 fully saturated rings. The van der Waals surface area contributed by atoms with Gasteiger partial charge in [-0.25, -0.2) is 4.98 Å². The first-order chi connectivity index (χ1) is 13.1. The maximum Gasteiger partial charge on any atom is 0.253 e. The second-order valence-corrected chi connectivity index (χ2v) is 7.47. The Morgan fingerprint density at radius 3 is 2.59 bits per heavy atom. The highest BCUT2D eigenvalue weighted by Gasteiger charge is 2.13. The Morgan fingerprint density at radius 1 is 1.15 bits per heavy atom. The highest BCUT2D eigenvalue weighted by atomic mass is 32.2. The zero-order valence-electron chi connectivity index (χ0n) is 16.1. The summed E-state index contributed by atoms with van der Waals surface area (Å²) in [5.74, 6) is 1.10. The first kappa shape index (κ1) is 19.2. The van der Waals surface area contributed by atoms with Crippen molar-refractivity contribution in [2.24, 2.45) is 7.05 Å². The van der Waals surface area contributed by atoms with E-state index in [4.69, 9.17) is 0 Å². The van der Waals surface area contributed by atoms with Crippen LogP contribution < -0.4 is 0 Å². The average molecular weight is 380 g/mol. The lowest BCUT2D eigenvalue weighted by atomic mass is 10.0. The molecule has 0 radical (unpaired) electrons. The zero-order chi connectivity index (χ0) is 19.2. The summed E-state index contributed by atoms with van der Waals surface area (Å²) in [5.41, 5.74) is 2.91. The maximum atomic E-state index is 12.8. The first-order valence-corrected chi connectivity index (χ1v) is 10.3. The Balaban J connectivity index is 1.64. The predicted molar refractivity (Wildman–Crippen MR) is 112 cm³/mol. The highest BCUT2D eigenvalue weighted by Crippen LogP contribution is 2.24. The summed E-state index contributed by atoms with van der Waals surface area (Å²) in [5, 5.41) is 0. The summed E-state index contributed by atoms with van der Waals surface area (Å²) in [6.45, 7) is 0.707. The van der Waals surface area contributed by atoms with Crippen molar-refractivity contribution in [2.45, 2.75) is 17.7 Å². The summed E-state index contributed by atoms with van der Waals surface area (Å²) >= 11 is 1.73. The quantitative estimate of drug-likeness (QED) is 0.567. The molecule has 0 aliphatic carbocycles. The van der Waals surface area contributed by atoms with Crippen molar-refractivity contribution in [3.63, 3.8) is 0 Å². The van der Waals surface area contributed by atoms with Crippen molar-refractivity contribution in [2.75, 3.05) is 19.8 Å². The van der Waals surface area contributed by atoms with Crippen LogP contribution in [0.15, 0.2) is 65.8 Å². The standard InChI is InChI=1S/C22H25N3OS/c1-24-15-13-23-21(24)8-5-14-25(2)22(26)19-7-4-6-18(16-19)17-9-11-20(27-3)12-10-17/h4,6-7,9-13,15-16H,5,8,14H2,1-3H3. The monoisotopic (exact) mass is 379 g/mol. The van der Waals surface area contributed by atoms with Crippen molar-refractivity contribution >= 4 is 17.7 Å². The van der Waals surface area contributed by atoms with Crippen LogP contribution in [0.25, 0.3) is 11.1 Å². The number of thioether (sulfide) groups is 1. The van der Waals surface area contributed by atoms with E-state index in [1.54, 1.807) is 22.9 Å². The van der Waals surface area contributed by atoms with Gasteiger partial charge in [-0.3, -0.25) is 4.79 Å². The molecule has 0 atom stereocenters. The van der Waals surface area contributed by atoms with Gasteiger partial charge >= 0.3 is 0 Å². The Kier molecular flexibility index (Phi) is 6.35. The summed E-state index contributed by atoms with van der Waals surface area (Å²) in [6, 6.07) is 16.3. The molecular weight excluding hydrogens is 354 g/mol. The van der Waals surface area contributed by atoms with Gasteiger partial charge < -0.3 is 9.47 Å². The number of hydrogen-bond donors (Lipinski definition) is 0. The fraction of sp³-hybridized carbons (Fsp3) is 0.273. The van der Waals surface area contributed by atoms with Crippen LogP contribution in [0.5, 0.6) is 0 Å². The topological polar surface area (TPSA) is 38.1 Å². The summed E-state index contributed by atoms with van der Waals surface area (Å²) in [6.07, 6.45) is 7.58. The van der Waals surface area contributed by atoms with Crippen molar-refractivity contribution < 1.29 is 4.79 Å². The zero-order valence-corrected chi connectivity index (χ0v) is 16.9. The molecule has 0 spiro atoms. The average Bonchev–Trinajstić information content (AvgIpc) is 3.12. The van der Waals surface area contributed by atoms with E-state index in [1.165, 1.54) is 4.90 Å². The fourth-order valence-corrected chi connectivity index (χ4v) is 3.46. The van der Waals surface area contributed by atoms with Crippen molar-refractivity contribution in [1.29, 1.82) is 0 Å². The molecule has 3 aromatic rings. The molecule has 5 heteroatoms. The molecule has 0 bridgehead atoms. The minimum absolute atomic E-state index is 0.0532. The smallest absolute Gasteiger partial charge is 0.253 e. The number of amides is 1. The molecular formula is C22H25N3OS. The van der Waals surface area contributed by atoms with E-state index in [1.807, 2.05) is 49.1 Å². The van der Waals surface area contributed by atoms with Crippen LogP contribution >= 0.6 is 11.8 Å². The molecule has 0 saturated heterocycles. The van der Waals surface area contributed by atoms with Gasteiger partial charge in [0, 0.05) is 49.9 Å². The number of aromatic nitrogens is 2. The summed E-state index contributed by atoms with van der Waals surface area (Å²) in [7, 11) is 3.86. The molecule has 1 amide bonds. The Bertz CT molecular complexity index is 902. The van der Waals surface area contributed by atoms with Gasteiger partial charge in [-0.15, -0.1) is 11.8 Å². The van der Waals surface area contributed by atoms with Crippen LogP contribution in [0, 0.1) is 0 Å². The summed E-state index contributed by atoms with van der Waals surface area (Å²) in [4.78, 5) is 20.1. The van der Waals surface area contributed by atoms with Crippen LogP contribution in [0.4, 0.5) is 0 Å². The summed E-state index contributed by atoms with van der Waals surface area (Å²) < 4.78 is 2.02. The maximum absolute atomic E-state index is 12.8. The van der Waals surface area contributed by atoms with Crippen LogP contribution in [-0.4, -0.2) is 40.2 Å². The van der Waals surface area contributed by atoms with Crippen LogP contribution in [0.2, 0.25) is 0 Å². The highest BCUT2D eigenvalue weighted by molar-refractivity contribution is 7.98. The molecule has 1 heterocycles. The van der Waals surface area contributed by atoms with E-state index >= 15 is 0 Å². The minimum atomic E-state index is 0.0532. The number of aryl methyl sites for hydroxylation is 2. The lowest BCUT2D eigenvalue weighted by Crippen LogP contribution is -2.28. The number of benzene rings is 2. The SMILES string of the molecule is CSc1ccc(-c2cccc(C(=O)N(C)CCCc3nccn3C)c2)cc1. The van der Waals surface area contributed by atoms with E-state index in [0.29, 0.717) is 6.54 Å². The van der Waals surface area contributed by atoms with Crippen LogP contribution in [0.1, 0.15) is 22.6 Å². The molecule has 140 valence electrons. The third-order valence-electron chi connectivity index (χ3n) is 4.69. The van der Waals surface area contributed by atoms with Gasteiger partial charge in [0.25, 0.3) is 5.91 Å². The van der Waals surface area contributed by atoms with Crippen LogP contribution in [-0.2, 0) is 13.5 Å². The predicted octanol–water partition coefficient (Wildman–Crippen LogP) is 4.51. The van der Waals surface area contributed by atoms with Gasteiger partial charge in [-0.05, 0) is 48.1 Å². The lowest BCUT2D eigenvalue weighted by Gasteiger charge is -2.17. The van der Waals surface area contributed by atoms with E-state index in [-0.39, 0.29) is 5.91 Å². The van der Waals surface area contributed by atoms with Gasteiger partial charge in [0.2, 0.25) is 0 Å². The van der Waals surface area contributed by atoms with E-state index in [2.05, 4.69) is 35.5 Å². The molecule has 4 nitrogen and oxygen atoms in total. The third-order valence-corrected chi connectivity index (χ3v) is 5.44. The number of nitrogens with zero attached hydrogens (tertiary/aromatic N) is 3. The van der Waals surface area contributed by atoms with E-state index in [9.17, 15) is 4.79 Å². The Labute approximate surface area is 165 Å². The van der Waals surface area contributed by atoms with E-state index < -0.39 is 0 Å². The van der Waals surface area contributed by atoms with Gasteiger partial charge in [0.05, 0.1) is 0 Å². The molecule has 0 unspecified atom stereocenters. The van der Waals surface area contributed by atoms with Crippen LogP contribution in [0.3, 0.4) is 0 Å². The molecule has 2 aromatic carbocycles. The molecule has 1 aromatic heterocycles. The lowest BCUT2D eigenvalue weighted by molar-refractivity contribution is 0.0793. The molecule has 0 aliphatic rings. The minimum Gasteiger partial charge on any atom is -0.342 e. The third kappa shape index (κ3) is 4.80. The van der Waals surface area contributed by atoms with Crippen molar-refractivity contribution in [1.82, 2.24) is 14.5 Å². The van der Waals surface area contributed by atoms with Gasteiger partial charge in [0.1, 0.15) is 5.82 Å². The van der Waals surface area contributed by atoms with Gasteiger partial charge in [-0.1, -0.05) is 24.3 Å². The normalized spacial score (nSPS) is 10.8. The number of rotatable bonds is 7. The number of imidazole rings is 1. The molecule has 3 rings (SSSR count). The second-order valence-electron chi connectivity index (χ2n) is 6.59. The van der Waals surface area contributed by atoms with Crippen molar-refractivity contribution in [3.8, 4) is 11.1 Å². The molecule has 0 N–H and O–H groups in total. The van der Waals surface area contributed by atoms with Gasteiger partial charge in [0.15, 0.2) is 0 Å². The second kappa shape index (κ2) is 8.91. The number of hydrogen-bond acceptors (Lipinski definition) is 3. The fourth-order valence-electron chi connectivity index (χ4n) is 3.05. The molecule has 27 heavy (non-hydrogen) atoms. The Morgan fingerprint density at radius 2 is 1.93 bits per heavy atom. The largest absolute Gasteiger partial charge is 0.342 e. The van der Waals surface area contributed by atoms with E-state index in [0.717, 1.165) is 35.4 Å². The van der Waals surface area contributed by atoms with Gasteiger partial charge in [-0.2, -0.15) is 0 Å². The molecule has 0 saturated carbocycles.